The van der Waals surface area contributed by atoms with E-state index in [4.69, 9.17) is 0 Å². The molecule has 0 radical (unpaired) electrons. The highest BCUT2D eigenvalue weighted by molar-refractivity contribution is 4.86. The summed E-state index contributed by atoms with van der Waals surface area (Å²) >= 11 is 0. The maximum atomic E-state index is 9.22. The molecule has 0 aromatic rings. The third-order valence-electron chi connectivity index (χ3n) is 5.17. The Hall–Kier alpha value is -0.120. The molecule has 1 saturated heterocycles. The molecule has 19 heavy (non-hydrogen) atoms. The average molecular weight is 268 g/mol. The molecule has 1 aliphatic heterocycles. The molecule has 0 aromatic carbocycles. The van der Waals surface area contributed by atoms with Crippen LogP contribution in [0.5, 0.6) is 0 Å². The Kier molecular flexibility index (Phi) is 6.11. The molecule has 0 bridgehead atoms. The molecule has 1 heterocycles. The van der Waals surface area contributed by atoms with Gasteiger partial charge in [-0.15, -0.1) is 0 Å². The lowest BCUT2D eigenvalue weighted by molar-refractivity contribution is 0.0947. The van der Waals surface area contributed by atoms with Crippen LogP contribution in [0.25, 0.3) is 0 Å². The first kappa shape index (κ1) is 15.3. The van der Waals surface area contributed by atoms with Crippen molar-refractivity contribution in [2.45, 2.75) is 52.0 Å². The van der Waals surface area contributed by atoms with E-state index in [-0.39, 0.29) is 0 Å². The maximum absolute atomic E-state index is 9.22. The summed E-state index contributed by atoms with van der Waals surface area (Å²) in [7, 11) is 0. The summed E-state index contributed by atoms with van der Waals surface area (Å²) in [6, 6.07) is 0.733. The van der Waals surface area contributed by atoms with Gasteiger partial charge in [0, 0.05) is 19.2 Å². The predicted octanol–water partition coefficient (Wildman–Crippen LogP) is 2.10. The predicted molar refractivity (Wildman–Crippen MR) is 80.2 cm³/mol. The van der Waals surface area contributed by atoms with Gasteiger partial charge in [0.15, 0.2) is 0 Å². The molecular formula is C16H32N2O. The maximum Gasteiger partial charge on any atom is 0.0460 e. The van der Waals surface area contributed by atoms with E-state index in [9.17, 15) is 5.11 Å². The summed E-state index contributed by atoms with van der Waals surface area (Å²) in [5.74, 6) is 2.29. The lowest BCUT2D eigenvalue weighted by Gasteiger charge is -2.40. The molecular weight excluding hydrogens is 236 g/mol. The van der Waals surface area contributed by atoms with Gasteiger partial charge in [0.1, 0.15) is 0 Å². The SMILES string of the molecule is CCNC1CCC(C)CC1CN1CCC(CO)CC1. The van der Waals surface area contributed by atoms with Crippen LogP contribution < -0.4 is 5.32 Å². The van der Waals surface area contributed by atoms with E-state index in [2.05, 4.69) is 24.1 Å². The minimum absolute atomic E-state index is 0.383. The Balaban J connectivity index is 1.81. The van der Waals surface area contributed by atoms with Crippen molar-refractivity contribution in [3.8, 4) is 0 Å². The van der Waals surface area contributed by atoms with Crippen molar-refractivity contribution in [2.24, 2.45) is 17.8 Å². The molecule has 3 heteroatoms. The van der Waals surface area contributed by atoms with Crippen LogP contribution in [-0.4, -0.2) is 48.8 Å². The van der Waals surface area contributed by atoms with Crippen LogP contribution in [0.4, 0.5) is 0 Å². The number of hydrogen-bond donors (Lipinski definition) is 2. The van der Waals surface area contributed by atoms with Gasteiger partial charge in [-0.3, -0.25) is 0 Å². The molecule has 0 amide bonds. The van der Waals surface area contributed by atoms with E-state index in [0.717, 1.165) is 24.4 Å². The molecule has 1 aliphatic carbocycles. The molecule has 3 nitrogen and oxygen atoms in total. The van der Waals surface area contributed by atoms with Crippen molar-refractivity contribution in [3.05, 3.63) is 0 Å². The highest BCUT2D eigenvalue weighted by Crippen LogP contribution is 2.30. The molecule has 3 atom stereocenters. The molecule has 2 N–H and O–H groups in total. The fourth-order valence-corrected chi connectivity index (χ4v) is 3.91. The van der Waals surface area contributed by atoms with Crippen LogP contribution in [0.3, 0.4) is 0 Å². The molecule has 2 aliphatic rings. The first-order chi connectivity index (χ1) is 9.22. The summed E-state index contributed by atoms with van der Waals surface area (Å²) < 4.78 is 0. The topological polar surface area (TPSA) is 35.5 Å². The van der Waals surface area contributed by atoms with Gasteiger partial charge >= 0.3 is 0 Å². The fourth-order valence-electron chi connectivity index (χ4n) is 3.91. The smallest absolute Gasteiger partial charge is 0.0460 e. The van der Waals surface area contributed by atoms with Crippen LogP contribution in [0.1, 0.15) is 46.0 Å². The number of hydrogen-bond acceptors (Lipinski definition) is 3. The molecule has 2 fully saturated rings. The zero-order valence-electron chi connectivity index (χ0n) is 12.8. The zero-order chi connectivity index (χ0) is 13.7. The normalized spacial score (nSPS) is 34.6. The molecule has 2 rings (SSSR count). The average Bonchev–Trinajstić information content (AvgIpc) is 2.43. The highest BCUT2D eigenvalue weighted by Gasteiger charge is 2.30. The van der Waals surface area contributed by atoms with E-state index in [1.807, 2.05) is 0 Å². The Morgan fingerprint density at radius 3 is 2.53 bits per heavy atom. The van der Waals surface area contributed by atoms with Crippen molar-refractivity contribution in [1.29, 1.82) is 0 Å². The van der Waals surface area contributed by atoms with Gasteiger partial charge in [0.25, 0.3) is 0 Å². The number of piperidine rings is 1. The number of rotatable bonds is 5. The van der Waals surface area contributed by atoms with Crippen LogP contribution in [0.15, 0.2) is 0 Å². The standard InChI is InChI=1S/C16H32N2O/c1-3-17-16-5-4-13(2)10-15(16)11-18-8-6-14(12-19)7-9-18/h13-17,19H,3-12H2,1-2H3. The first-order valence-electron chi connectivity index (χ1n) is 8.29. The molecule has 1 saturated carbocycles. The quantitative estimate of drug-likeness (QED) is 0.801. The van der Waals surface area contributed by atoms with E-state index in [1.54, 1.807) is 0 Å². The number of nitrogens with one attached hydrogen (secondary N) is 1. The highest BCUT2D eigenvalue weighted by atomic mass is 16.3. The van der Waals surface area contributed by atoms with Crippen molar-refractivity contribution in [2.75, 3.05) is 32.8 Å². The second-order valence-electron chi connectivity index (χ2n) is 6.77. The largest absolute Gasteiger partial charge is 0.396 e. The van der Waals surface area contributed by atoms with E-state index < -0.39 is 0 Å². The second-order valence-corrected chi connectivity index (χ2v) is 6.77. The number of aliphatic hydroxyl groups excluding tert-OH is 1. The van der Waals surface area contributed by atoms with Crippen LogP contribution in [0, 0.1) is 17.8 Å². The Bertz CT molecular complexity index is 251. The van der Waals surface area contributed by atoms with Gasteiger partial charge < -0.3 is 15.3 Å². The third-order valence-corrected chi connectivity index (χ3v) is 5.17. The summed E-state index contributed by atoms with van der Waals surface area (Å²) in [5, 5.41) is 12.9. The van der Waals surface area contributed by atoms with Crippen molar-refractivity contribution in [3.63, 3.8) is 0 Å². The Labute approximate surface area is 118 Å². The van der Waals surface area contributed by atoms with Crippen molar-refractivity contribution >= 4 is 0 Å². The summed E-state index contributed by atoms with van der Waals surface area (Å²) in [6.07, 6.45) is 6.50. The summed E-state index contributed by atoms with van der Waals surface area (Å²) in [6.45, 7) is 9.76. The fraction of sp³-hybridized carbons (Fsp3) is 1.00. The van der Waals surface area contributed by atoms with E-state index in [0.29, 0.717) is 12.5 Å². The van der Waals surface area contributed by atoms with Gasteiger partial charge in [-0.25, -0.2) is 0 Å². The molecule has 0 spiro atoms. The number of likely N-dealkylation sites (tertiary alicyclic amines) is 1. The van der Waals surface area contributed by atoms with Gasteiger partial charge in [-0.2, -0.15) is 0 Å². The zero-order valence-corrected chi connectivity index (χ0v) is 12.8. The minimum atomic E-state index is 0.383. The molecule has 3 unspecified atom stereocenters. The number of nitrogens with zero attached hydrogens (tertiary/aromatic N) is 1. The first-order valence-corrected chi connectivity index (χ1v) is 8.29. The van der Waals surface area contributed by atoms with Crippen molar-refractivity contribution < 1.29 is 5.11 Å². The van der Waals surface area contributed by atoms with E-state index >= 15 is 0 Å². The van der Waals surface area contributed by atoms with Crippen LogP contribution >= 0.6 is 0 Å². The lowest BCUT2D eigenvalue weighted by atomic mass is 9.78. The van der Waals surface area contributed by atoms with Crippen molar-refractivity contribution in [1.82, 2.24) is 10.2 Å². The van der Waals surface area contributed by atoms with Gasteiger partial charge in [-0.05, 0) is 69.5 Å². The summed E-state index contributed by atoms with van der Waals surface area (Å²) in [4.78, 5) is 2.64. The molecule has 112 valence electrons. The minimum Gasteiger partial charge on any atom is -0.396 e. The summed E-state index contributed by atoms with van der Waals surface area (Å²) in [5.41, 5.74) is 0. The lowest BCUT2D eigenvalue weighted by Crippen LogP contribution is -2.47. The molecule has 0 aromatic heterocycles. The third kappa shape index (κ3) is 4.44. The van der Waals surface area contributed by atoms with Gasteiger partial charge in [-0.1, -0.05) is 13.8 Å². The second kappa shape index (κ2) is 7.61. The van der Waals surface area contributed by atoms with Gasteiger partial charge in [0.2, 0.25) is 0 Å². The van der Waals surface area contributed by atoms with Gasteiger partial charge in [0.05, 0.1) is 0 Å². The number of aliphatic hydroxyl groups is 1. The Morgan fingerprint density at radius 2 is 1.89 bits per heavy atom. The Morgan fingerprint density at radius 1 is 1.16 bits per heavy atom. The monoisotopic (exact) mass is 268 g/mol. The van der Waals surface area contributed by atoms with E-state index in [1.165, 1.54) is 51.7 Å². The van der Waals surface area contributed by atoms with Crippen LogP contribution in [0.2, 0.25) is 0 Å². The van der Waals surface area contributed by atoms with Crippen LogP contribution in [-0.2, 0) is 0 Å².